The second kappa shape index (κ2) is 7.60. The number of hydrogen-bond donors (Lipinski definition) is 1. The van der Waals surface area contributed by atoms with E-state index in [4.69, 9.17) is 0 Å². The van der Waals surface area contributed by atoms with Gasteiger partial charge < -0.3 is 5.32 Å². The Morgan fingerprint density at radius 2 is 2.08 bits per heavy atom. The van der Waals surface area contributed by atoms with Crippen LogP contribution in [0.5, 0.6) is 0 Å². The van der Waals surface area contributed by atoms with Gasteiger partial charge in [0.05, 0.1) is 17.5 Å². The number of rotatable bonds is 4. The molecule has 4 atom stereocenters. The molecule has 0 aromatic carbocycles. The molecule has 2 aromatic heterocycles. The van der Waals surface area contributed by atoms with Crippen LogP contribution in [0.25, 0.3) is 0 Å². The molecule has 3 rings (SSSR count). The van der Waals surface area contributed by atoms with Gasteiger partial charge in [0.1, 0.15) is 5.92 Å². The third kappa shape index (κ3) is 3.79. The molecule has 130 valence electrons. The molecule has 0 radical (unpaired) electrons. The van der Waals surface area contributed by atoms with Gasteiger partial charge in [0, 0.05) is 18.4 Å². The summed E-state index contributed by atoms with van der Waals surface area (Å²) < 4.78 is 0. The number of nitriles is 1. The van der Waals surface area contributed by atoms with E-state index in [1.165, 1.54) is 12.8 Å². The zero-order valence-electron chi connectivity index (χ0n) is 15.1. The summed E-state index contributed by atoms with van der Waals surface area (Å²) in [5.74, 6) is 1.43. The van der Waals surface area contributed by atoms with Crippen molar-refractivity contribution in [3.63, 3.8) is 0 Å². The summed E-state index contributed by atoms with van der Waals surface area (Å²) in [6, 6.07) is 8.34. The van der Waals surface area contributed by atoms with Gasteiger partial charge in [-0.2, -0.15) is 5.26 Å². The Hall–Kier alpha value is -2.48. The van der Waals surface area contributed by atoms with E-state index in [-0.39, 0.29) is 0 Å². The van der Waals surface area contributed by atoms with Gasteiger partial charge in [-0.05, 0) is 42.9 Å². The van der Waals surface area contributed by atoms with E-state index in [2.05, 4.69) is 40.2 Å². The summed E-state index contributed by atoms with van der Waals surface area (Å²) in [5.41, 5.74) is 2.36. The van der Waals surface area contributed by atoms with Crippen LogP contribution >= 0.6 is 0 Å². The highest BCUT2D eigenvalue weighted by Crippen LogP contribution is 2.31. The van der Waals surface area contributed by atoms with E-state index in [0.717, 1.165) is 23.4 Å². The minimum Gasteiger partial charge on any atom is -0.351 e. The highest BCUT2D eigenvalue weighted by molar-refractivity contribution is 5.38. The Morgan fingerprint density at radius 1 is 1.24 bits per heavy atom. The maximum Gasteiger partial charge on any atom is 0.223 e. The highest BCUT2D eigenvalue weighted by atomic mass is 15.1. The third-order valence-electron chi connectivity index (χ3n) is 5.42. The van der Waals surface area contributed by atoms with Crippen molar-refractivity contribution in [2.75, 3.05) is 5.32 Å². The average molecular weight is 335 g/mol. The molecule has 2 heterocycles. The van der Waals surface area contributed by atoms with Crippen molar-refractivity contribution in [1.82, 2.24) is 15.0 Å². The lowest BCUT2D eigenvalue weighted by molar-refractivity contribution is 0.252. The normalized spacial score (nSPS) is 24.3. The van der Waals surface area contributed by atoms with E-state index >= 15 is 0 Å². The summed E-state index contributed by atoms with van der Waals surface area (Å²) in [5, 5.41) is 13.2. The summed E-state index contributed by atoms with van der Waals surface area (Å²) in [6.45, 7) is 6.55. The van der Waals surface area contributed by atoms with Gasteiger partial charge in [0.15, 0.2) is 0 Å². The molecule has 0 bridgehead atoms. The monoisotopic (exact) mass is 335 g/mol. The van der Waals surface area contributed by atoms with Crippen molar-refractivity contribution in [3.8, 4) is 6.07 Å². The van der Waals surface area contributed by atoms with E-state index in [0.29, 0.717) is 23.8 Å². The van der Waals surface area contributed by atoms with Crippen molar-refractivity contribution in [1.29, 1.82) is 5.26 Å². The molecule has 1 aliphatic rings. The Kier molecular flexibility index (Phi) is 5.28. The van der Waals surface area contributed by atoms with Crippen LogP contribution in [0.1, 0.15) is 56.0 Å². The van der Waals surface area contributed by atoms with Gasteiger partial charge in [-0.25, -0.2) is 9.97 Å². The van der Waals surface area contributed by atoms with Crippen molar-refractivity contribution < 1.29 is 0 Å². The van der Waals surface area contributed by atoms with Gasteiger partial charge in [0.25, 0.3) is 0 Å². The molecular weight excluding hydrogens is 310 g/mol. The van der Waals surface area contributed by atoms with E-state index in [9.17, 15) is 5.26 Å². The average Bonchev–Trinajstić information content (AvgIpc) is 2.63. The van der Waals surface area contributed by atoms with E-state index in [1.54, 1.807) is 12.4 Å². The van der Waals surface area contributed by atoms with Crippen LogP contribution in [0, 0.1) is 30.1 Å². The fraction of sp³-hybridized carbons (Fsp3) is 0.500. The van der Waals surface area contributed by atoms with Gasteiger partial charge in [-0.3, -0.25) is 4.98 Å². The second-order valence-corrected chi connectivity index (χ2v) is 7.10. The summed E-state index contributed by atoms with van der Waals surface area (Å²) in [4.78, 5) is 13.5. The van der Waals surface area contributed by atoms with Crippen molar-refractivity contribution in [3.05, 3.63) is 47.5 Å². The Bertz CT molecular complexity index is 752. The second-order valence-electron chi connectivity index (χ2n) is 7.10. The highest BCUT2D eigenvalue weighted by Gasteiger charge is 2.28. The lowest BCUT2D eigenvalue weighted by Crippen LogP contribution is -2.35. The van der Waals surface area contributed by atoms with Crippen molar-refractivity contribution in [2.24, 2.45) is 11.8 Å². The first kappa shape index (κ1) is 17.3. The predicted molar refractivity (Wildman–Crippen MR) is 98.1 cm³/mol. The molecule has 25 heavy (non-hydrogen) atoms. The van der Waals surface area contributed by atoms with Gasteiger partial charge >= 0.3 is 0 Å². The van der Waals surface area contributed by atoms with Crippen LogP contribution < -0.4 is 5.32 Å². The number of nitrogens with one attached hydrogen (secondary N) is 1. The Labute approximate surface area is 149 Å². The summed E-state index contributed by atoms with van der Waals surface area (Å²) in [6.07, 6.45) is 7.17. The SMILES string of the molecule is Cc1cnc(NC2CCCC(C)C2C)nc1C(C#N)c1ccccn1. The Balaban J connectivity index is 1.87. The molecule has 5 nitrogen and oxygen atoms in total. The first-order valence-electron chi connectivity index (χ1n) is 9.00. The number of aryl methyl sites for hydroxylation is 1. The number of nitrogens with zero attached hydrogens (tertiary/aromatic N) is 4. The first-order chi connectivity index (χ1) is 12.1. The molecule has 2 aromatic rings. The Morgan fingerprint density at radius 3 is 2.80 bits per heavy atom. The molecule has 5 heteroatoms. The van der Waals surface area contributed by atoms with Gasteiger partial charge in [0.2, 0.25) is 5.95 Å². The minimum absolute atomic E-state index is 0.384. The molecular formula is C20H25N5. The first-order valence-corrected chi connectivity index (χ1v) is 9.00. The van der Waals surface area contributed by atoms with Crippen LogP contribution in [0.15, 0.2) is 30.6 Å². The standard InChI is InChI=1S/C20H25N5/c1-13-7-6-9-17(15(13)3)24-20-23-12-14(2)19(25-20)16(11-21)18-8-4-5-10-22-18/h4-5,8,10,12-13,15-17H,6-7,9H2,1-3H3,(H,23,24,25). The third-order valence-corrected chi connectivity index (χ3v) is 5.42. The van der Waals surface area contributed by atoms with Crippen LogP contribution in [-0.4, -0.2) is 21.0 Å². The van der Waals surface area contributed by atoms with Gasteiger partial charge in [-0.15, -0.1) is 0 Å². The topological polar surface area (TPSA) is 74.5 Å². The van der Waals surface area contributed by atoms with Crippen molar-refractivity contribution in [2.45, 2.75) is 52.0 Å². The molecule has 1 N–H and O–H groups in total. The number of pyridine rings is 1. The maximum atomic E-state index is 9.68. The van der Waals surface area contributed by atoms with Crippen LogP contribution in [0.3, 0.4) is 0 Å². The van der Waals surface area contributed by atoms with Crippen LogP contribution in [0.2, 0.25) is 0 Å². The lowest BCUT2D eigenvalue weighted by atomic mass is 9.78. The molecule has 0 spiro atoms. The molecule has 1 saturated carbocycles. The largest absolute Gasteiger partial charge is 0.351 e. The summed E-state index contributed by atoms with van der Waals surface area (Å²) in [7, 11) is 0. The summed E-state index contributed by atoms with van der Waals surface area (Å²) >= 11 is 0. The van der Waals surface area contributed by atoms with Crippen molar-refractivity contribution >= 4 is 5.95 Å². The molecule has 1 aliphatic carbocycles. The smallest absolute Gasteiger partial charge is 0.223 e. The zero-order chi connectivity index (χ0) is 17.8. The molecule has 0 aliphatic heterocycles. The van der Waals surface area contributed by atoms with Crippen LogP contribution in [-0.2, 0) is 0 Å². The molecule has 0 amide bonds. The predicted octanol–water partition coefficient (Wildman–Crippen LogP) is 4.07. The molecule has 0 saturated heterocycles. The maximum absolute atomic E-state index is 9.68. The molecule has 1 fully saturated rings. The van der Waals surface area contributed by atoms with E-state index < -0.39 is 5.92 Å². The van der Waals surface area contributed by atoms with E-state index in [1.807, 2.05) is 25.1 Å². The fourth-order valence-electron chi connectivity index (χ4n) is 3.58. The van der Waals surface area contributed by atoms with Gasteiger partial charge in [-0.1, -0.05) is 32.8 Å². The number of aromatic nitrogens is 3. The number of hydrogen-bond acceptors (Lipinski definition) is 5. The molecule has 4 unspecified atom stereocenters. The van der Waals surface area contributed by atoms with Crippen LogP contribution in [0.4, 0.5) is 5.95 Å². The quantitative estimate of drug-likeness (QED) is 0.911. The minimum atomic E-state index is -0.479. The zero-order valence-corrected chi connectivity index (χ0v) is 15.1. The number of anilines is 1. The fourth-order valence-corrected chi connectivity index (χ4v) is 3.58. The lowest BCUT2D eigenvalue weighted by Gasteiger charge is -2.34.